The van der Waals surface area contributed by atoms with Gasteiger partial charge >= 0.3 is 6.18 Å². The number of pyridine rings is 2. The quantitative estimate of drug-likeness (QED) is 0.639. The van der Waals surface area contributed by atoms with Crippen LogP contribution < -0.4 is 5.32 Å². The summed E-state index contributed by atoms with van der Waals surface area (Å²) in [4.78, 5) is 23.0. The molecule has 3 aromatic rings. The van der Waals surface area contributed by atoms with E-state index in [1.807, 2.05) is 17.0 Å². The molecule has 1 amide bonds. The second-order valence-corrected chi connectivity index (χ2v) is 7.07. The molecule has 8 heteroatoms. The Morgan fingerprint density at radius 1 is 1.10 bits per heavy atom. The molecule has 4 rings (SSSR count). The number of likely N-dealkylation sites (tertiary alicyclic amines) is 1. The zero-order valence-corrected chi connectivity index (χ0v) is 15.9. The third kappa shape index (κ3) is 4.27. The van der Waals surface area contributed by atoms with Crippen LogP contribution in [0.2, 0.25) is 0 Å². The van der Waals surface area contributed by atoms with E-state index in [0.29, 0.717) is 17.9 Å². The summed E-state index contributed by atoms with van der Waals surface area (Å²) in [6.07, 6.45) is 2.26. The molecule has 1 fully saturated rings. The third-order valence-corrected chi connectivity index (χ3v) is 5.08. The highest BCUT2D eigenvalue weighted by Crippen LogP contribution is 2.33. The Balaban J connectivity index is 1.48. The summed E-state index contributed by atoms with van der Waals surface area (Å²) in [6, 6.07) is 11.9. The minimum absolute atomic E-state index is 0.00316. The van der Waals surface area contributed by atoms with Gasteiger partial charge in [-0.2, -0.15) is 13.2 Å². The predicted molar refractivity (Wildman–Crippen MR) is 106 cm³/mol. The first-order valence-corrected chi connectivity index (χ1v) is 9.53. The molecule has 1 atom stereocenters. The van der Waals surface area contributed by atoms with Crippen LogP contribution in [0.1, 0.15) is 40.4 Å². The maximum atomic E-state index is 13.0. The lowest BCUT2D eigenvalue weighted by atomic mass is 10.1. The van der Waals surface area contributed by atoms with E-state index in [2.05, 4.69) is 15.3 Å². The number of aromatic nitrogens is 2. The number of benzene rings is 1. The minimum atomic E-state index is -4.41. The van der Waals surface area contributed by atoms with Crippen molar-refractivity contribution >= 4 is 17.4 Å². The van der Waals surface area contributed by atoms with Crippen LogP contribution >= 0.6 is 0 Å². The molecule has 5 nitrogen and oxygen atoms in total. The summed E-state index contributed by atoms with van der Waals surface area (Å²) >= 11 is 0. The number of alkyl halides is 3. The summed E-state index contributed by atoms with van der Waals surface area (Å²) in [7, 11) is 0. The van der Waals surface area contributed by atoms with Crippen LogP contribution in [0.15, 0.2) is 67.1 Å². The number of rotatable bonds is 4. The number of nitrogens with zero attached hydrogens (tertiary/aromatic N) is 3. The standard InChI is InChI=1S/C22H19F3N4O/c23-22(24,25)17-3-1-4-18(13-17)28-20-7-6-16(14-27-20)21(30)29-12-2-5-19(29)15-8-10-26-11-9-15/h1,3-4,6-11,13-14,19H,2,5,12H2,(H,27,28). The van der Waals surface area contributed by atoms with Crippen LogP contribution in [0.25, 0.3) is 0 Å². The molecular weight excluding hydrogens is 393 g/mol. The fourth-order valence-corrected chi connectivity index (χ4v) is 3.62. The highest BCUT2D eigenvalue weighted by Gasteiger charge is 2.31. The third-order valence-electron chi connectivity index (χ3n) is 5.08. The number of carbonyl (C=O) groups is 1. The fraction of sp³-hybridized carbons (Fsp3) is 0.227. The largest absolute Gasteiger partial charge is 0.416 e. The zero-order valence-electron chi connectivity index (χ0n) is 15.9. The van der Waals surface area contributed by atoms with Crippen LogP contribution in [0, 0.1) is 0 Å². The van der Waals surface area contributed by atoms with Gasteiger partial charge < -0.3 is 10.2 Å². The monoisotopic (exact) mass is 412 g/mol. The summed E-state index contributed by atoms with van der Waals surface area (Å²) < 4.78 is 38.6. The molecule has 1 unspecified atom stereocenters. The van der Waals surface area contributed by atoms with Crippen molar-refractivity contribution in [3.05, 3.63) is 83.8 Å². The van der Waals surface area contributed by atoms with Gasteiger partial charge in [-0.15, -0.1) is 0 Å². The Morgan fingerprint density at radius 3 is 2.60 bits per heavy atom. The van der Waals surface area contributed by atoms with E-state index < -0.39 is 11.7 Å². The van der Waals surface area contributed by atoms with Gasteiger partial charge in [-0.05, 0) is 60.9 Å². The number of amides is 1. The second-order valence-electron chi connectivity index (χ2n) is 7.07. The van der Waals surface area contributed by atoms with Crippen molar-refractivity contribution in [3.8, 4) is 0 Å². The summed E-state index contributed by atoms with van der Waals surface area (Å²) in [5, 5.41) is 2.84. The topological polar surface area (TPSA) is 58.1 Å². The van der Waals surface area contributed by atoms with E-state index in [0.717, 1.165) is 30.5 Å². The molecule has 2 aromatic heterocycles. The summed E-state index contributed by atoms with van der Waals surface area (Å²) in [5.74, 6) is 0.241. The van der Waals surface area contributed by atoms with E-state index >= 15 is 0 Å². The van der Waals surface area contributed by atoms with E-state index in [4.69, 9.17) is 0 Å². The smallest absolute Gasteiger partial charge is 0.340 e. The van der Waals surface area contributed by atoms with Crippen molar-refractivity contribution in [3.63, 3.8) is 0 Å². The Hall–Kier alpha value is -3.42. The molecule has 1 aliphatic heterocycles. The van der Waals surface area contributed by atoms with Crippen LogP contribution in [-0.2, 0) is 6.18 Å². The molecule has 154 valence electrons. The number of anilines is 2. The first-order chi connectivity index (χ1) is 14.4. The average molecular weight is 412 g/mol. The highest BCUT2D eigenvalue weighted by atomic mass is 19.4. The highest BCUT2D eigenvalue weighted by molar-refractivity contribution is 5.94. The molecule has 1 aliphatic rings. The lowest BCUT2D eigenvalue weighted by molar-refractivity contribution is -0.137. The molecule has 0 aliphatic carbocycles. The Kier molecular flexibility index (Phi) is 5.39. The Morgan fingerprint density at radius 2 is 1.90 bits per heavy atom. The van der Waals surface area contributed by atoms with E-state index in [1.165, 1.54) is 18.3 Å². The molecule has 1 aromatic carbocycles. The van der Waals surface area contributed by atoms with E-state index in [-0.39, 0.29) is 17.6 Å². The van der Waals surface area contributed by atoms with Crippen molar-refractivity contribution in [2.45, 2.75) is 25.1 Å². The normalized spacial score (nSPS) is 16.5. The molecule has 0 radical (unpaired) electrons. The van der Waals surface area contributed by atoms with Crippen molar-refractivity contribution in [1.29, 1.82) is 0 Å². The Bertz CT molecular complexity index is 1020. The van der Waals surface area contributed by atoms with Gasteiger partial charge in [0.05, 0.1) is 17.2 Å². The van der Waals surface area contributed by atoms with Crippen LogP contribution in [0.5, 0.6) is 0 Å². The maximum Gasteiger partial charge on any atom is 0.416 e. The molecular formula is C22H19F3N4O. The van der Waals surface area contributed by atoms with E-state index in [1.54, 1.807) is 24.5 Å². The SMILES string of the molecule is O=C(c1ccc(Nc2cccc(C(F)(F)F)c2)nc1)N1CCCC1c1ccncc1. The van der Waals surface area contributed by atoms with E-state index in [9.17, 15) is 18.0 Å². The molecule has 1 saturated heterocycles. The average Bonchev–Trinajstić information content (AvgIpc) is 3.24. The van der Waals surface area contributed by atoms with Gasteiger partial charge in [-0.3, -0.25) is 9.78 Å². The molecule has 0 spiro atoms. The second kappa shape index (κ2) is 8.14. The van der Waals surface area contributed by atoms with Gasteiger partial charge in [0.2, 0.25) is 0 Å². The lowest BCUT2D eigenvalue weighted by Crippen LogP contribution is -2.30. The molecule has 0 saturated carbocycles. The number of nitrogens with one attached hydrogen (secondary N) is 1. The number of hydrogen-bond acceptors (Lipinski definition) is 4. The molecule has 3 heterocycles. The summed E-state index contributed by atoms with van der Waals surface area (Å²) in [5.41, 5.74) is 1.02. The van der Waals surface area contributed by atoms with Gasteiger partial charge in [-0.25, -0.2) is 4.98 Å². The first-order valence-electron chi connectivity index (χ1n) is 9.53. The summed E-state index contributed by atoms with van der Waals surface area (Å²) in [6.45, 7) is 0.663. The van der Waals surface area contributed by atoms with Gasteiger partial charge in [-0.1, -0.05) is 6.07 Å². The Labute approximate surface area is 171 Å². The molecule has 0 bridgehead atoms. The molecule has 1 N–H and O–H groups in total. The van der Waals surface area contributed by atoms with Crippen LogP contribution in [-0.4, -0.2) is 27.3 Å². The maximum absolute atomic E-state index is 13.0. The first kappa shape index (κ1) is 19.9. The van der Waals surface area contributed by atoms with Gasteiger partial charge in [0, 0.05) is 30.8 Å². The van der Waals surface area contributed by atoms with Gasteiger partial charge in [0.15, 0.2) is 0 Å². The van der Waals surface area contributed by atoms with Crippen molar-refractivity contribution in [2.75, 3.05) is 11.9 Å². The number of halogens is 3. The number of hydrogen-bond donors (Lipinski definition) is 1. The number of carbonyl (C=O) groups excluding carboxylic acids is 1. The van der Waals surface area contributed by atoms with Crippen LogP contribution in [0.4, 0.5) is 24.7 Å². The minimum Gasteiger partial charge on any atom is -0.340 e. The predicted octanol–water partition coefficient (Wildman–Crippen LogP) is 5.22. The molecule has 30 heavy (non-hydrogen) atoms. The fourth-order valence-electron chi connectivity index (χ4n) is 3.62. The van der Waals surface area contributed by atoms with Crippen molar-refractivity contribution in [1.82, 2.24) is 14.9 Å². The van der Waals surface area contributed by atoms with Gasteiger partial charge in [0.1, 0.15) is 5.82 Å². The lowest BCUT2D eigenvalue weighted by Gasteiger charge is -2.25. The van der Waals surface area contributed by atoms with Crippen molar-refractivity contribution < 1.29 is 18.0 Å². The van der Waals surface area contributed by atoms with Gasteiger partial charge in [0.25, 0.3) is 5.91 Å². The zero-order chi connectivity index (χ0) is 21.1. The van der Waals surface area contributed by atoms with Crippen molar-refractivity contribution in [2.24, 2.45) is 0 Å². The van der Waals surface area contributed by atoms with Crippen LogP contribution in [0.3, 0.4) is 0 Å².